The molecule has 1 heterocycles. The molecule has 154 valence electrons. The van der Waals surface area contributed by atoms with Crippen LogP contribution in [-0.2, 0) is 18.4 Å². The van der Waals surface area contributed by atoms with Gasteiger partial charge in [0.15, 0.2) is 0 Å². The number of aromatic nitrogens is 1. The number of hydrogen-bond donors (Lipinski definition) is 1. The van der Waals surface area contributed by atoms with E-state index in [4.69, 9.17) is 0 Å². The molecular weight excluding hydrogens is 364 g/mol. The summed E-state index contributed by atoms with van der Waals surface area (Å²) in [5, 5.41) is 2.94. The third-order valence-corrected chi connectivity index (χ3v) is 5.50. The van der Waals surface area contributed by atoms with Crippen molar-refractivity contribution in [3.8, 4) is 0 Å². The number of carbonyl (C=O) groups excluding carboxylic acids is 2. The van der Waals surface area contributed by atoms with Gasteiger partial charge in [0.2, 0.25) is 5.91 Å². The molecule has 0 unspecified atom stereocenters. The van der Waals surface area contributed by atoms with E-state index in [9.17, 15) is 9.59 Å². The molecule has 1 aliphatic carbocycles. The van der Waals surface area contributed by atoms with Gasteiger partial charge in [-0.1, -0.05) is 18.2 Å². The Balaban J connectivity index is 1.70. The van der Waals surface area contributed by atoms with Crippen LogP contribution < -0.4 is 5.32 Å². The number of anilines is 1. The molecule has 6 nitrogen and oxygen atoms in total. The Kier molecular flexibility index (Phi) is 6.42. The van der Waals surface area contributed by atoms with Crippen LogP contribution in [0.3, 0.4) is 0 Å². The van der Waals surface area contributed by atoms with Crippen LogP contribution in [0.1, 0.15) is 29.7 Å². The number of amides is 3. The van der Waals surface area contributed by atoms with Crippen LogP contribution in [0.2, 0.25) is 0 Å². The molecule has 0 spiro atoms. The molecule has 1 fully saturated rings. The maximum atomic E-state index is 13.1. The van der Waals surface area contributed by atoms with Crippen LogP contribution in [0.4, 0.5) is 10.5 Å². The molecular formula is C23H30N4O2. The lowest BCUT2D eigenvalue weighted by Crippen LogP contribution is -2.45. The van der Waals surface area contributed by atoms with Gasteiger partial charge in [-0.25, -0.2) is 4.79 Å². The first kappa shape index (κ1) is 20.7. The topological polar surface area (TPSA) is 57.6 Å². The normalized spacial score (nSPS) is 13.1. The number of carbonyl (C=O) groups is 2. The number of hydrogen-bond acceptors (Lipinski definition) is 2. The molecule has 2 aromatic rings. The third-order valence-electron chi connectivity index (χ3n) is 5.50. The van der Waals surface area contributed by atoms with Gasteiger partial charge < -0.3 is 19.7 Å². The van der Waals surface area contributed by atoms with E-state index in [2.05, 4.69) is 11.9 Å². The van der Waals surface area contributed by atoms with Crippen LogP contribution in [0.5, 0.6) is 0 Å². The van der Waals surface area contributed by atoms with E-state index < -0.39 is 0 Å². The van der Waals surface area contributed by atoms with E-state index in [0.29, 0.717) is 13.1 Å². The van der Waals surface area contributed by atoms with Crippen molar-refractivity contribution in [2.24, 2.45) is 7.05 Å². The van der Waals surface area contributed by atoms with Gasteiger partial charge in [-0.3, -0.25) is 4.79 Å². The molecule has 0 atom stereocenters. The summed E-state index contributed by atoms with van der Waals surface area (Å²) < 4.78 is 2.03. The van der Waals surface area contributed by atoms with Gasteiger partial charge in [-0.05, 0) is 56.0 Å². The van der Waals surface area contributed by atoms with Crippen molar-refractivity contribution < 1.29 is 9.59 Å². The molecule has 1 aromatic carbocycles. The Bertz CT molecular complexity index is 898. The maximum absolute atomic E-state index is 13.1. The molecule has 0 radical (unpaired) electrons. The summed E-state index contributed by atoms with van der Waals surface area (Å²) in [5.74, 6) is -0.0355. The van der Waals surface area contributed by atoms with Crippen molar-refractivity contribution >= 4 is 17.6 Å². The lowest BCUT2D eigenvalue weighted by molar-refractivity contribution is -0.133. The predicted octanol–water partition coefficient (Wildman–Crippen LogP) is 3.85. The first-order valence-corrected chi connectivity index (χ1v) is 10.0. The number of nitrogens with zero attached hydrogens (tertiary/aromatic N) is 3. The molecule has 3 rings (SSSR count). The summed E-state index contributed by atoms with van der Waals surface area (Å²) in [6.07, 6.45) is 5.67. The molecule has 0 bridgehead atoms. The Morgan fingerprint density at radius 2 is 2.00 bits per heavy atom. The van der Waals surface area contributed by atoms with E-state index in [-0.39, 0.29) is 24.5 Å². The second-order valence-corrected chi connectivity index (χ2v) is 7.71. The summed E-state index contributed by atoms with van der Waals surface area (Å²) in [6.45, 7) is 8.63. The third kappa shape index (κ3) is 5.08. The minimum atomic E-state index is -0.290. The second kappa shape index (κ2) is 8.99. The summed E-state index contributed by atoms with van der Waals surface area (Å²) in [7, 11) is 1.98. The van der Waals surface area contributed by atoms with Gasteiger partial charge in [0.25, 0.3) is 0 Å². The number of nitrogens with one attached hydrogen (secondary N) is 1. The van der Waals surface area contributed by atoms with Crippen molar-refractivity contribution in [3.05, 3.63) is 66.0 Å². The molecule has 0 saturated heterocycles. The second-order valence-electron chi connectivity index (χ2n) is 7.71. The van der Waals surface area contributed by atoms with E-state index >= 15 is 0 Å². The largest absolute Gasteiger partial charge is 0.353 e. The van der Waals surface area contributed by atoms with Gasteiger partial charge in [0.1, 0.15) is 6.54 Å². The maximum Gasteiger partial charge on any atom is 0.322 e. The highest BCUT2D eigenvalue weighted by Crippen LogP contribution is 2.28. The first-order valence-electron chi connectivity index (χ1n) is 10.0. The monoisotopic (exact) mass is 394 g/mol. The molecule has 1 N–H and O–H groups in total. The molecule has 0 aliphatic heterocycles. The zero-order valence-electron chi connectivity index (χ0n) is 17.5. The first-order chi connectivity index (χ1) is 13.9. The van der Waals surface area contributed by atoms with Crippen LogP contribution >= 0.6 is 0 Å². The van der Waals surface area contributed by atoms with Crippen molar-refractivity contribution in [2.45, 2.75) is 39.3 Å². The van der Waals surface area contributed by atoms with Crippen LogP contribution in [0.25, 0.3) is 0 Å². The Morgan fingerprint density at radius 3 is 2.62 bits per heavy atom. The molecule has 1 saturated carbocycles. The summed E-state index contributed by atoms with van der Waals surface area (Å²) >= 11 is 0. The number of urea groups is 1. The Morgan fingerprint density at radius 1 is 1.24 bits per heavy atom. The molecule has 6 heteroatoms. The SMILES string of the molecule is C=CCN(CC(=O)N(Cc1cccn1C)C1CC1)C(=O)Nc1cccc(C)c1C. The highest BCUT2D eigenvalue weighted by Gasteiger charge is 2.34. The summed E-state index contributed by atoms with van der Waals surface area (Å²) in [6, 6.07) is 9.78. The number of rotatable bonds is 8. The fourth-order valence-electron chi connectivity index (χ4n) is 3.35. The van der Waals surface area contributed by atoms with Gasteiger partial charge >= 0.3 is 6.03 Å². The van der Waals surface area contributed by atoms with Crippen LogP contribution in [-0.4, -0.2) is 45.4 Å². The number of benzene rings is 1. The van der Waals surface area contributed by atoms with Crippen molar-refractivity contribution in [2.75, 3.05) is 18.4 Å². The standard InChI is InChI=1S/C23H30N4O2/c1-5-13-26(23(29)24-21-10-6-8-17(2)18(21)3)16-22(28)27(19-11-12-19)15-20-9-7-14-25(20)4/h5-10,14,19H,1,11-13,15-16H2,2-4H3,(H,24,29). The van der Waals surface area contributed by atoms with E-state index in [0.717, 1.165) is 35.3 Å². The van der Waals surface area contributed by atoms with E-state index in [1.165, 1.54) is 4.90 Å². The van der Waals surface area contributed by atoms with E-state index in [1.807, 2.05) is 66.9 Å². The molecule has 1 aromatic heterocycles. The molecule has 29 heavy (non-hydrogen) atoms. The van der Waals surface area contributed by atoms with Crippen LogP contribution in [0.15, 0.2) is 49.2 Å². The fourth-order valence-corrected chi connectivity index (χ4v) is 3.35. The van der Waals surface area contributed by atoms with Crippen molar-refractivity contribution in [1.29, 1.82) is 0 Å². The molecule has 3 amide bonds. The average Bonchev–Trinajstić information content (AvgIpc) is 3.45. The van der Waals surface area contributed by atoms with Gasteiger partial charge in [-0.15, -0.1) is 6.58 Å². The number of aryl methyl sites for hydroxylation is 2. The lowest BCUT2D eigenvalue weighted by Gasteiger charge is -2.27. The Labute approximate surface area is 172 Å². The minimum absolute atomic E-state index is 0.0314. The highest BCUT2D eigenvalue weighted by atomic mass is 16.2. The van der Waals surface area contributed by atoms with E-state index in [1.54, 1.807) is 6.08 Å². The van der Waals surface area contributed by atoms with Gasteiger partial charge in [-0.2, -0.15) is 0 Å². The zero-order valence-corrected chi connectivity index (χ0v) is 17.5. The summed E-state index contributed by atoms with van der Waals surface area (Å²) in [5.41, 5.74) is 3.98. The van der Waals surface area contributed by atoms with Gasteiger partial charge in [0.05, 0.1) is 6.54 Å². The minimum Gasteiger partial charge on any atom is -0.353 e. The lowest BCUT2D eigenvalue weighted by atomic mass is 10.1. The smallest absolute Gasteiger partial charge is 0.322 e. The predicted molar refractivity (Wildman–Crippen MR) is 116 cm³/mol. The molecule has 1 aliphatic rings. The fraction of sp³-hybridized carbons (Fsp3) is 0.391. The summed E-state index contributed by atoms with van der Waals surface area (Å²) in [4.78, 5) is 29.4. The van der Waals surface area contributed by atoms with Crippen molar-refractivity contribution in [3.63, 3.8) is 0 Å². The Hall–Kier alpha value is -3.02. The van der Waals surface area contributed by atoms with Crippen molar-refractivity contribution in [1.82, 2.24) is 14.4 Å². The van der Waals surface area contributed by atoms with Crippen LogP contribution in [0, 0.1) is 13.8 Å². The average molecular weight is 395 g/mol. The zero-order chi connectivity index (χ0) is 21.0. The highest BCUT2D eigenvalue weighted by molar-refractivity contribution is 5.93. The quantitative estimate of drug-likeness (QED) is 0.692. The van der Waals surface area contributed by atoms with Gasteiger partial charge in [0, 0.05) is 37.2 Å².